The van der Waals surface area contributed by atoms with E-state index in [1.807, 2.05) is 9.62 Å². The smallest absolute Gasteiger partial charge is 0.239 e. The molecule has 130 valence electrons. The summed E-state index contributed by atoms with van der Waals surface area (Å²) in [5.74, 6) is -0.220. The van der Waals surface area contributed by atoms with Gasteiger partial charge in [-0.3, -0.25) is 14.9 Å². The molecule has 0 aliphatic carbocycles. The number of halogens is 1. The number of nitrogens with zero attached hydrogens (tertiary/aromatic N) is 1. The van der Waals surface area contributed by atoms with Crippen molar-refractivity contribution < 1.29 is 13.2 Å². The van der Waals surface area contributed by atoms with Gasteiger partial charge in [-0.1, -0.05) is 0 Å². The molecule has 0 radical (unpaired) electrons. The number of amides is 1. The van der Waals surface area contributed by atoms with Crippen molar-refractivity contribution in [2.45, 2.75) is 38.1 Å². The predicted molar refractivity (Wildman–Crippen MR) is 88.6 cm³/mol. The number of guanidine groups is 1. The molecule has 0 aromatic heterocycles. The Hall–Kier alpha value is -1.06. The summed E-state index contributed by atoms with van der Waals surface area (Å²) in [7, 11) is -3.41. The fraction of sp³-hybridized carbons (Fsp3) is 0.833. The van der Waals surface area contributed by atoms with E-state index in [0.717, 1.165) is 45.0 Å². The molecule has 0 aromatic rings. The quantitative estimate of drug-likeness (QED) is 0.280. The Kier molecular flexibility index (Phi) is 9.38. The van der Waals surface area contributed by atoms with Crippen molar-refractivity contribution in [1.29, 1.82) is 5.41 Å². The maximum atomic E-state index is 11.9. The number of hydrogen-bond donors (Lipinski definition) is 4. The molecule has 1 aliphatic rings. The minimum atomic E-state index is -3.41. The van der Waals surface area contributed by atoms with Gasteiger partial charge in [0.25, 0.3) is 0 Å². The molecule has 1 aliphatic heterocycles. The summed E-state index contributed by atoms with van der Waals surface area (Å²) in [5, 5.41) is 10.0. The van der Waals surface area contributed by atoms with Gasteiger partial charge in [0, 0.05) is 19.6 Å². The molecule has 0 unspecified atom stereocenters. The van der Waals surface area contributed by atoms with Crippen LogP contribution in [0.3, 0.4) is 0 Å². The van der Waals surface area contributed by atoms with Crippen molar-refractivity contribution in [2.24, 2.45) is 5.73 Å². The van der Waals surface area contributed by atoms with E-state index in [-0.39, 0.29) is 24.3 Å². The van der Waals surface area contributed by atoms with Crippen LogP contribution in [-0.2, 0) is 14.8 Å². The zero-order valence-electron chi connectivity index (χ0n) is 12.8. The SMILES string of the molecule is CS(=O)(=O)NC(=N)NCCCC[C@H](N)C(=O)N1CCCC1.Cl. The van der Waals surface area contributed by atoms with Crippen LogP contribution in [0.2, 0.25) is 0 Å². The molecule has 0 spiro atoms. The summed E-state index contributed by atoms with van der Waals surface area (Å²) < 4.78 is 23.8. The van der Waals surface area contributed by atoms with Crippen molar-refractivity contribution in [3.05, 3.63) is 0 Å². The summed E-state index contributed by atoms with van der Waals surface area (Å²) in [6.45, 7) is 2.08. The third-order valence-corrected chi connectivity index (χ3v) is 3.84. The van der Waals surface area contributed by atoms with Crippen LogP contribution in [0.4, 0.5) is 0 Å². The Labute approximate surface area is 138 Å². The van der Waals surface area contributed by atoms with Crippen molar-refractivity contribution in [1.82, 2.24) is 14.9 Å². The molecule has 1 rings (SSSR count). The Morgan fingerprint density at radius 2 is 1.91 bits per heavy atom. The maximum Gasteiger partial charge on any atom is 0.239 e. The summed E-state index contributed by atoms with van der Waals surface area (Å²) in [4.78, 5) is 13.8. The van der Waals surface area contributed by atoms with E-state index in [1.165, 1.54) is 0 Å². The topological polar surface area (TPSA) is 128 Å². The number of nitrogens with two attached hydrogens (primary N) is 1. The molecule has 1 saturated heterocycles. The molecule has 22 heavy (non-hydrogen) atoms. The van der Waals surface area contributed by atoms with E-state index in [9.17, 15) is 13.2 Å². The fourth-order valence-electron chi connectivity index (χ4n) is 2.22. The van der Waals surface area contributed by atoms with Gasteiger partial charge in [-0.15, -0.1) is 12.4 Å². The van der Waals surface area contributed by atoms with Crippen molar-refractivity contribution >= 4 is 34.3 Å². The molecule has 0 bridgehead atoms. The predicted octanol–water partition coefficient (Wildman–Crippen LogP) is -0.398. The Balaban J connectivity index is 0.00000441. The summed E-state index contributed by atoms with van der Waals surface area (Å²) >= 11 is 0. The molecule has 1 atom stereocenters. The van der Waals surface area contributed by atoms with E-state index >= 15 is 0 Å². The van der Waals surface area contributed by atoms with Gasteiger partial charge in [-0.2, -0.15) is 0 Å². The number of likely N-dealkylation sites (tertiary alicyclic amines) is 1. The van der Waals surface area contributed by atoms with Gasteiger partial charge in [0.15, 0.2) is 0 Å². The lowest BCUT2D eigenvalue weighted by Crippen LogP contribution is -2.42. The van der Waals surface area contributed by atoms with Gasteiger partial charge in [-0.25, -0.2) is 8.42 Å². The largest absolute Gasteiger partial charge is 0.356 e. The number of carbonyl (C=O) groups is 1. The van der Waals surface area contributed by atoms with Crippen LogP contribution in [0.5, 0.6) is 0 Å². The van der Waals surface area contributed by atoms with Crippen molar-refractivity contribution in [3.63, 3.8) is 0 Å². The highest BCUT2D eigenvalue weighted by atomic mass is 35.5. The first kappa shape index (κ1) is 20.9. The number of sulfonamides is 1. The summed E-state index contributed by atoms with van der Waals surface area (Å²) in [6.07, 6.45) is 5.17. The number of rotatable bonds is 7. The highest BCUT2D eigenvalue weighted by molar-refractivity contribution is 7.89. The number of carbonyl (C=O) groups excluding carboxylic acids is 1. The monoisotopic (exact) mass is 355 g/mol. The van der Waals surface area contributed by atoms with Gasteiger partial charge < -0.3 is 16.0 Å². The van der Waals surface area contributed by atoms with Crippen LogP contribution < -0.4 is 15.8 Å². The van der Waals surface area contributed by atoms with Crippen molar-refractivity contribution in [2.75, 3.05) is 25.9 Å². The third-order valence-electron chi connectivity index (χ3n) is 3.27. The lowest BCUT2D eigenvalue weighted by atomic mass is 10.1. The third kappa shape index (κ3) is 8.40. The van der Waals surface area contributed by atoms with E-state index in [4.69, 9.17) is 11.1 Å². The molecular formula is C12H26ClN5O3S. The van der Waals surface area contributed by atoms with Crippen LogP contribution in [0.1, 0.15) is 32.1 Å². The highest BCUT2D eigenvalue weighted by Gasteiger charge is 2.22. The van der Waals surface area contributed by atoms with E-state index in [1.54, 1.807) is 0 Å². The van der Waals surface area contributed by atoms with E-state index in [2.05, 4.69) is 5.32 Å². The van der Waals surface area contributed by atoms with Crippen LogP contribution in [0.25, 0.3) is 0 Å². The Morgan fingerprint density at radius 1 is 1.32 bits per heavy atom. The van der Waals surface area contributed by atoms with Gasteiger partial charge in [0.1, 0.15) is 0 Å². The average Bonchev–Trinajstić information content (AvgIpc) is 2.88. The molecule has 1 amide bonds. The summed E-state index contributed by atoms with van der Waals surface area (Å²) in [5.41, 5.74) is 5.88. The minimum Gasteiger partial charge on any atom is -0.356 e. The second-order valence-electron chi connectivity index (χ2n) is 5.31. The highest BCUT2D eigenvalue weighted by Crippen LogP contribution is 2.10. The van der Waals surface area contributed by atoms with Crippen LogP contribution in [-0.4, -0.2) is 57.1 Å². The zero-order chi connectivity index (χ0) is 15.9. The first-order chi connectivity index (χ1) is 9.79. The van der Waals surface area contributed by atoms with Gasteiger partial charge in [-0.05, 0) is 32.1 Å². The van der Waals surface area contributed by atoms with Gasteiger partial charge >= 0.3 is 0 Å². The molecule has 8 nitrogen and oxygen atoms in total. The second-order valence-corrected chi connectivity index (χ2v) is 7.06. The molecule has 5 N–H and O–H groups in total. The fourth-order valence-corrected chi connectivity index (χ4v) is 2.66. The summed E-state index contributed by atoms with van der Waals surface area (Å²) in [6, 6.07) is -0.461. The zero-order valence-corrected chi connectivity index (χ0v) is 14.4. The average molecular weight is 356 g/mol. The van der Waals surface area contributed by atoms with Gasteiger partial charge in [0.05, 0.1) is 12.3 Å². The standard InChI is InChI=1S/C12H25N5O3S.ClH/c1-21(19,20)16-12(14)15-7-3-2-6-10(13)11(18)17-8-4-5-9-17;/h10H,2-9,13H2,1H3,(H3,14,15,16);1H/t10-;/m0./s1. The molecule has 1 fully saturated rings. The molecule has 10 heteroatoms. The van der Waals surface area contributed by atoms with Crippen molar-refractivity contribution in [3.8, 4) is 0 Å². The first-order valence-electron chi connectivity index (χ1n) is 7.14. The van der Waals surface area contributed by atoms with Crippen LogP contribution in [0.15, 0.2) is 0 Å². The molecule has 0 aromatic carbocycles. The lowest BCUT2D eigenvalue weighted by molar-refractivity contribution is -0.131. The number of unbranched alkanes of at least 4 members (excludes halogenated alkanes) is 1. The second kappa shape index (κ2) is 9.86. The van der Waals surface area contributed by atoms with E-state index in [0.29, 0.717) is 13.0 Å². The maximum absolute atomic E-state index is 11.9. The van der Waals surface area contributed by atoms with Gasteiger partial charge in [0.2, 0.25) is 21.9 Å². The Morgan fingerprint density at radius 3 is 2.45 bits per heavy atom. The molecule has 1 heterocycles. The molecule has 0 saturated carbocycles. The first-order valence-corrected chi connectivity index (χ1v) is 9.03. The lowest BCUT2D eigenvalue weighted by Gasteiger charge is -2.20. The van der Waals surface area contributed by atoms with E-state index < -0.39 is 16.1 Å². The van der Waals surface area contributed by atoms with Crippen LogP contribution in [0, 0.1) is 5.41 Å². The number of hydrogen-bond acceptors (Lipinski definition) is 5. The molecular weight excluding hydrogens is 330 g/mol. The Bertz CT molecular complexity index is 465. The minimum absolute atomic E-state index is 0. The van der Waals surface area contributed by atoms with Crippen LogP contribution >= 0.6 is 12.4 Å². The normalized spacial score (nSPS) is 15.8. The number of nitrogens with one attached hydrogen (secondary N) is 3.